The molecule has 0 bridgehead atoms. The van der Waals surface area contributed by atoms with Gasteiger partial charge >= 0.3 is 0 Å². The predicted octanol–water partition coefficient (Wildman–Crippen LogP) is 2.68. The molecule has 0 amide bonds. The monoisotopic (exact) mass is 271 g/mol. The highest BCUT2D eigenvalue weighted by molar-refractivity contribution is 5.98. The van der Waals surface area contributed by atoms with Crippen molar-refractivity contribution in [1.82, 2.24) is 4.98 Å². The minimum Gasteiger partial charge on any atom is -0.397 e. The SMILES string of the molecule is COCC1CCCN(c2ccc3cnccc3c2N)C1. The van der Waals surface area contributed by atoms with E-state index in [9.17, 15) is 0 Å². The lowest BCUT2D eigenvalue weighted by molar-refractivity contribution is 0.143. The van der Waals surface area contributed by atoms with E-state index in [0.29, 0.717) is 5.92 Å². The van der Waals surface area contributed by atoms with Crippen molar-refractivity contribution < 1.29 is 4.74 Å². The summed E-state index contributed by atoms with van der Waals surface area (Å²) < 4.78 is 5.30. The first kappa shape index (κ1) is 13.2. The van der Waals surface area contributed by atoms with Gasteiger partial charge in [-0.3, -0.25) is 4.98 Å². The van der Waals surface area contributed by atoms with Crippen LogP contribution in [0.1, 0.15) is 12.8 Å². The van der Waals surface area contributed by atoms with Crippen LogP contribution in [0.3, 0.4) is 0 Å². The molecule has 1 aliphatic rings. The van der Waals surface area contributed by atoms with Crippen LogP contribution in [0.15, 0.2) is 30.6 Å². The molecule has 0 radical (unpaired) electrons. The number of nitrogens with zero attached hydrogens (tertiary/aromatic N) is 2. The number of rotatable bonds is 3. The lowest BCUT2D eigenvalue weighted by Crippen LogP contribution is -2.37. The number of anilines is 2. The Bertz CT molecular complexity index is 597. The van der Waals surface area contributed by atoms with Crippen LogP contribution in [-0.4, -0.2) is 31.8 Å². The third-order valence-electron chi connectivity index (χ3n) is 4.10. The number of benzene rings is 1. The van der Waals surface area contributed by atoms with Gasteiger partial charge in [-0.1, -0.05) is 6.07 Å². The quantitative estimate of drug-likeness (QED) is 0.872. The van der Waals surface area contributed by atoms with Crippen molar-refractivity contribution in [2.24, 2.45) is 5.92 Å². The van der Waals surface area contributed by atoms with E-state index in [1.165, 1.54) is 12.8 Å². The van der Waals surface area contributed by atoms with Crippen LogP contribution < -0.4 is 10.6 Å². The van der Waals surface area contributed by atoms with E-state index in [2.05, 4.69) is 22.0 Å². The molecule has 4 nitrogen and oxygen atoms in total. The Balaban J connectivity index is 1.91. The van der Waals surface area contributed by atoms with Crippen LogP contribution >= 0.6 is 0 Å². The Labute approximate surface area is 119 Å². The zero-order valence-corrected chi connectivity index (χ0v) is 11.9. The minimum atomic E-state index is 0.598. The number of pyridine rings is 1. The topological polar surface area (TPSA) is 51.4 Å². The van der Waals surface area contributed by atoms with Gasteiger partial charge < -0.3 is 15.4 Å². The Hall–Kier alpha value is -1.81. The van der Waals surface area contributed by atoms with Crippen LogP contribution in [-0.2, 0) is 4.74 Å². The van der Waals surface area contributed by atoms with Gasteiger partial charge in [0.1, 0.15) is 0 Å². The van der Waals surface area contributed by atoms with Crippen LogP contribution in [0.25, 0.3) is 10.8 Å². The van der Waals surface area contributed by atoms with E-state index in [1.54, 1.807) is 13.3 Å². The molecule has 0 spiro atoms. The number of piperidine rings is 1. The Morgan fingerprint density at radius 2 is 2.30 bits per heavy atom. The molecule has 4 heteroatoms. The lowest BCUT2D eigenvalue weighted by atomic mass is 9.97. The summed E-state index contributed by atoms with van der Waals surface area (Å²) in [5.41, 5.74) is 8.38. The summed E-state index contributed by atoms with van der Waals surface area (Å²) in [5, 5.41) is 2.19. The van der Waals surface area contributed by atoms with Crippen molar-refractivity contribution in [3.05, 3.63) is 30.6 Å². The van der Waals surface area contributed by atoms with E-state index in [0.717, 1.165) is 41.8 Å². The van der Waals surface area contributed by atoms with Gasteiger partial charge in [0, 0.05) is 43.4 Å². The Morgan fingerprint density at radius 3 is 3.15 bits per heavy atom. The molecule has 2 aromatic rings. The summed E-state index contributed by atoms with van der Waals surface area (Å²) in [6.45, 7) is 2.92. The summed E-state index contributed by atoms with van der Waals surface area (Å²) in [5.74, 6) is 0.598. The molecule has 1 fully saturated rings. The Kier molecular flexibility index (Phi) is 3.74. The smallest absolute Gasteiger partial charge is 0.0632 e. The lowest BCUT2D eigenvalue weighted by Gasteiger charge is -2.35. The maximum absolute atomic E-state index is 6.37. The molecule has 3 rings (SSSR count). The van der Waals surface area contributed by atoms with Gasteiger partial charge in [0.2, 0.25) is 0 Å². The number of methoxy groups -OCH3 is 1. The highest BCUT2D eigenvalue weighted by atomic mass is 16.5. The number of ether oxygens (including phenoxy) is 1. The molecule has 1 atom stereocenters. The number of nitrogen functional groups attached to an aromatic ring is 1. The normalized spacial score (nSPS) is 19.4. The third-order valence-corrected chi connectivity index (χ3v) is 4.10. The molecule has 0 aliphatic carbocycles. The molecule has 1 aliphatic heterocycles. The maximum atomic E-state index is 6.37. The number of hydrogen-bond acceptors (Lipinski definition) is 4. The van der Waals surface area contributed by atoms with Crippen molar-refractivity contribution in [3.63, 3.8) is 0 Å². The third kappa shape index (κ3) is 2.43. The zero-order chi connectivity index (χ0) is 13.9. The van der Waals surface area contributed by atoms with E-state index >= 15 is 0 Å². The van der Waals surface area contributed by atoms with E-state index in [1.807, 2.05) is 12.3 Å². The van der Waals surface area contributed by atoms with Crippen molar-refractivity contribution in [1.29, 1.82) is 0 Å². The van der Waals surface area contributed by atoms with Gasteiger partial charge in [-0.25, -0.2) is 0 Å². The first-order chi connectivity index (χ1) is 9.79. The highest BCUT2D eigenvalue weighted by Gasteiger charge is 2.21. The van der Waals surface area contributed by atoms with E-state index in [4.69, 9.17) is 10.5 Å². The van der Waals surface area contributed by atoms with Gasteiger partial charge in [0.15, 0.2) is 0 Å². The van der Waals surface area contributed by atoms with Crippen molar-refractivity contribution in [2.75, 3.05) is 37.4 Å². The summed E-state index contributed by atoms with van der Waals surface area (Å²) >= 11 is 0. The first-order valence-corrected chi connectivity index (χ1v) is 7.15. The fourth-order valence-electron chi connectivity index (χ4n) is 3.11. The van der Waals surface area contributed by atoms with Crippen LogP contribution in [0.2, 0.25) is 0 Å². The predicted molar refractivity (Wildman–Crippen MR) is 83.0 cm³/mol. The molecular formula is C16H21N3O. The number of aromatic nitrogens is 1. The van der Waals surface area contributed by atoms with Gasteiger partial charge in [-0.2, -0.15) is 0 Å². The van der Waals surface area contributed by atoms with Gasteiger partial charge in [-0.05, 0) is 30.9 Å². The molecule has 1 unspecified atom stereocenters. The fraction of sp³-hybridized carbons (Fsp3) is 0.438. The second-order valence-electron chi connectivity index (χ2n) is 5.50. The second-order valence-corrected chi connectivity index (χ2v) is 5.50. The van der Waals surface area contributed by atoms with Gasteiger partial charge in [0.05, 0.1) is 18.0 Å². The molecule has 20 heavy (non-hydrogen) atoms. The minimum absolute atomic E-state index is 0.598. The molecule has 2 heterocycles. The maximum Gasteiger partial charge on any atom is 0.0632 e. The fourth-order valence-corrected chi connectivity index (χ4v) is 3.11. The molecule has 1 saturated heterocycles. The molecular weight excluding hydrogens is 250 g/mol. The summed E-state index contributed by atoms with van der Waals surface area (Å²) in [4.78, 5) is 6.54. The Morgan fingerprint density at radius 1 is 1.40 bits per heavy atom. The summed E-state index contributed by atoms with van der Waals surface area (Å²) in [6.07, 6.45) is 6.09. The largest absolute Gasteiger partial charge is 0.397 e. The highest BCUT2D eigenvalue weighted by Crippen LogP contribution is 2.33. The van der Waals surface area contributed by atoms with E-state index < -0.39 is 0 Å². The summed E-state index contributed by atoms with van der Waals surface area (Å²) in [6, 6.07) is 6.22. The van der Waals surface area contributed by atoms with Crippen LogP contribution in [0, 0.1) is 5.92 Å². The van der Waals surface area contributed by atoms with Crippen molar-refractivity contribution >= 4 is 22.1 Å². The zero-order valence-electron chi connectivity index (χ0n) is 11.9. The average Bonchev–Trinajstić information content (AvgIpc) is 2.48. The number of hydrogen-bond donors (Lipinski definition) is 1. The van der Waals surface area contributed by atoms with Gasteiger partial charge in [-0.15, -0.1) is 0 Å². The molecule has 0 saturated carbocycles. The molecule has 1 aromatic heterocycles. The molecule has 2 N–H and O–H groups in total. The van der Waals surface area contributed by atoms with Crippen LogP contribution in [0.4, 0.5) is 11.4 Å². The second kappa shape index (κ2) is 5.67. The average molecular weight is 271 g/mol. The molecule has 1 aromatic carbocycles. The standard InChI is InChI=1S/C16H21N3O/c1-20-11-12-3-2-8-19(10-12)15-5-4-13-9-18-7-6-14(13)16(15)17/h4-7,9,12H,2-3,8,10-11,17H2,1H3. The number of nitrogens with two attached hydrogens (primary N) is 1. The first-order valence-electron chi connectivity index (χ1n) is 7.15. The van der Waals surface area contributed by atoms with Crippen LogP contribution in [0.5, 0.6) is 0 Å². The van der Waals surface area contributed by atoms with E-state index in [-0.39, 0.29) is 0 Å². The number of fused-ring (bicyclic) bond motifs is 1. The van der Waals surface area contributed by atoms with Gasteiger partial charge in [0.25, 0.3) is 0 Å². The van der Waals surface area contributed by atoms with Crippen molar-refractivity contribution in [3.8, 4) is 0 Å². The van der Waals surface area contributed by atoms with Crippen molar-refractivity contribution in [2.45, 2.75) is 12.8 Å². The molecule has 106 valence electrons. The summed E-state index contributed by atoms with van der Waals surface area (Å²) in [7, 11) is 1.77.